The van der Waals surface area contributed by atoms with Gasteiger partial charge in [-0.1, -0.05) is 0 Å². The van der Waals surface area contributed by atoms with Gasteiger partial charge >= 0.3 is 0 Å². The molecule has 3 rings (SSSR count). The molecule has 0 radical (unpaired) electrons. The van der Waals surface area contributed by atoms with Crippen molar-refractivity contribution in [2.24, 2.45) is 14.1 Å². The van der Waals surface area contributed by atoms with Crippen LogP contribution < -0.4 is 5.56 Å². The van der Waals surface area contributed by atoms with Gasteiger partial charge in [-0.05, 0) is 30.7 Å². The summed E-state index contributed by atoms with van der Waals surface area (Å²) in [5.74, 6) is 0. The van der Waals surface area contributed by atoms with E-state index in [1.807, 2.05) is 26.2 Å². The number of hydrogen-bond donors (Lipinski definition) is 0. The minimum Gasteiger partial charge on any atom is -0.350 e. The molecule has 0 aliphatic carbocycles. The molecule has 2 heterocycles. The molecule has 1 aromatic carbocycles. The normalized spacial score (nSPS) is 11.5. The smallest absolute Gasteiger partial charge is 0.250 e. The van der Waals surface area contributed by atoms with Crippen LogP contribution in [0.3, 0.4) is 0 Å². The lowest BCUT2D eigenvalue weighted by atomic mass is 10.1. The number of aryl methyl sites for hydroxylation is 3. The highest BCUT2D eigenvalue weighted by Crippen LogP contribution is 2.27. The van der Waals surface area contributed by atoms with Crippen molar-refractivity contribution >= 4 is 21.8 Å². The molecule has 0 aliphatic heterocycles. The summed E-state index contributed by atoms with van der Waals surface area (Å²) in [5, 5.41) is 2.38. The average molecular weight is 226 g/mol. The molecule has 0 atom stereocenters. The highest BCUT2D eigenvalue weighted by Gasteiger charge is 2.08. The van der Waals surface area contributed by atoms with Gasteiger partial charge < -0.3 is 9.13 Å². The van der Waals surface area contributed by atoms with Crippen molar-refractivity contribution in [1.82, 2.24) is 9.13 Å². The van der Waals surface area contributed by atoms with Crippen molar-refractivity contribution in [3.63, 3.8) is 0 Å². The first-order valence-corrected chi connectivity index (χ1v) is 5.64. The fourth-order valence-electron chi connectivity index (χ4n) is 2.58. The van der Waals surface area contributed by atoms with Gasteiger partial charge in [-0.2, -0.15) is 0 Å². The number of nitrogens with zero attached hydrogens (tertiary/aromatic N) is 2. The Balaban J connectivity index is 2.66. The lowest BCUT2D eigenvalue weighted by molar-refractivity contribution is 0.906. The quantitative estimate of drug-likeness (QED) is 0.578. The van der Waals surface area contributed by atoms with E-state index in [4.69, 9.17) is 0 Å². The van der Waals surface area contributed by atoms with Crippen molar-refractivity contribution in [2.75, 3.05) is 0 Å². The van der Waals surface area contributed by atoms with Crippen molar-refractivity contribution in [3.05, 3.63) is 46.4 Å². The Morgan fingerprint density at radius 3 is 2.47 bits per heavy atom. The molecule has 2 aromatic heterocycles. The van der Waals surface area contributed by atoms with Crippen LogP contribution in [0.5, 0.6) is 0 Å². The van der Waals surface area contributed by atoms with Gasteiger partial charge in [0.2, 0.25) is 0 Å². The second-order valence-electron chi connectivity index (χ2n) is 4.55. The summed E-state index contributed by atoms with van der Waals surface area (Å²) in [4.78, 5) is 11.6. The molecule has 0 saturated carbocycles. The number of aromatic nitrogens is 2. The van der Waals surface area contributed by atoms with E-state index in [2.05, 4.69) is 23.8 Å². The van der Waals surface area contributed by atoms with Crippen LogP contribution in [0.25, 0.3) is 21.8 Å². The fourth-order valence-corrected chi connectivity index (χ4v) is 2.58. The minimum absolute atomic E-state index is 0.0328. The number of benzene rings is 1. The van der Waals surface area contributed by atoms with E-state index >= 15 is 0 Å². The van der Waals surface area contributed by atoms with Gasteiger partial charge in [0.05, 0.1) is 5.52 Å². The van der Waals surface area contributed by atoms with Crippen LogP contribution in [0.15, 0.2) is 35.3 Å². The maximum Gasteiger partial charge on any atom is 0.250 e. The summed E-state index contributed by atoms with van der Waals surface area (Å²) in [6.45, 7) is 2.10. The first-order valence-electron chi connectivity index (χ1n) is 5.64. The lowest BCUT2D eigenvalue weighted by Crippen LogP contribution is -2.14. The minimum atomic E-state index is 0.0328. The predicted octanol–water partition coefficient (Wildman–Crippen LogP) is 2.34. The molecule has 0 unspecified atom stereocenters. The molecule has 0 bridgehead atoms. The van der Waals surface area contributed by atoms with Gasteiger partial charge in [0.15, 0.2) is 0 Å². The second kappa shape index (κ2) is 3.23. The van der Waals surface area contributed by atoms with E-state index < -0.39 is 0 Å². The van der Waals surface area contributed by atoms with Crippen LogP contribution in [0.2, 0.25) is 0 Å². The zero-order chi connectivity index (χ0) is 12.2. The number of rotatable bonds is 0. The molecule has 3 aromatic rings. The van der Waals surface area contributed by atoms with Crippen LogP contribution in [0.1, 0.15) is 5.56 Å². The van der Waals surface area contributed by atoms with Crippen LogP contribution in [-0.2, 0) is 14.1 Å². The topological polar surface area (TPSA) is 26.9 Å². The molecule has 0 spiro atoms. The Hall–Kier alpha value is -2.03. The standard InChI is InChI=1S/C14H14N2O/c1-9-8-15(2)12-6-5-11-10(14(9)12)4-7-13(17)16(11)3/h4-8H,1-3H3. The summed E-state index contributed by atoms with van der Waals surface area (Å²) >= 11 is 0. The number of hydrogen-bond acceptors (Lipinski definition) is 1. The Labute approximate surface area is 98.9 Å². The Morgan fingerprint density at radius 2 is 1.71 bits per heavy atom. The highest BCUT2D eigenvalue weighted by molar-refractivity contribution is 6.07. The van der Waals surface area contributed by atoms with Gasteiger partial charge in [0, 0.05) is 42.6 Å². The van der Waals surface area contributed by atoms with E-state index in [1.165, 1.54) is 16.5 Å². The molecule has 3 heteroatoms. The SMILES string of the molecule is Cc1cn(C)c2ccc3c(ccc(=O)n3C)c12. The maximum absolute atomic E-state index is 11.6. The predicted molar refractivity (Wildman–Crippen MR) is 70.4 cm³/mol. The Bertz CT molecular complexity index is 793. The van der Waals surface area contributed by atoms with Gasteiger partial charge in [-0.3, -0.25) is 4.79 Å². The number of pyridine rings is 1. The summed E-state index contributed by atoms with van der Waals surface area (Å²) < 4.78 is 3.82. The summed E-state index contributed by atoms with van der Waals surface area (Å²) in [6.07, 6.45) is 2.12. The molecule has 0 fully saturated rings. The third kappa shape index (κ3) is 1.25. The number of fused-ring (bicyclic) bond motifs is 3. The summed E-state index contributed by atoms with van der Waals surface area (Å²) in [7, 11) is 3.86. The highest BCUT2D eigenvalue weighted by atomic mass is 16.1. The Morgan fingerprint density at radius 1 is 1.00 bits per heavy atom. The molecule has 86 valence electrons. The maximum atomic E-state index is 11.6. The molecule has 3 nitrogen and oxygen atoms in total. The molecule has 0 amide bonds. The van der Waals surface area contributed by atoms with Gasteiger partial charge in [0.25, 0.3) is 5.56 Å². The van der Waals surface area contributed by atoms with Gasteiger partial charge in [-0.25, -0.2) is 0 Å². The average Bonchev–Trinajstić information content (AvgIpc) is 2.60. The first kappa shape index (κ1) is 10.1. The molecule has 17 heavy (non-hydrogen) atoms. The third-order valence-electron chi connectivity index (χ3n) is 3.45. The molecular weight excluding hydrogens is 212 g/mol. The van der Waals surface area contributed by atoms with E-state index in [0.29, 0.717) is 0 Å². The lowest BCUT2D eigenvalue weighted by Gasteiger charge is -2.06. The monoisotopic (exact) mass is 226 g/mol. The zero-order valence-electron chi connectivity index (χ0n) is 10.2. The van der Waals surface area contributed by atoms with E-state index in [-0.39, 0.29) is 5.56 Å². The van der Waals surface area contributed by atoms with Crippen LogP contribution in [0, 0.1) is 6.92 Å². The zero-order valence-corrected chi connectivity index (χ0v) is 10.2. The van der Waals surface area contributed by atoms with Crippen LogP contribution >= 0.6 is 0 Å². The fraction of sp³-hybridized carbons (Fsp3) is 0.214. The second-order valence-corrected chi connectivity index (χ2v) is 4.55. The summed E-state index contributed by atoms with van der Waals surface area (Å²) in [6, 6.07) is 7.64. The largest absolute Gasteiger partial charge is 0.350 e. The van der Waals surface area contributed by atoms with Crippen molar-refractivity contribution in [2.45, 2.75) is 6.92 Å². The summed E-state index contributed by atoms with van der Waals surface area (Å²) in [5.41, 5.74) is 3.46. The first-order chi connectivity index (χ1) is 8.09. The van der Waals surface area contributed by atoms with Crippen molar-refractivity contribution in [1.29, 1.82) is 0 Å². The molecule has 0 saturated heterocycles. The Kier molecular flexibility index (Phi) is 1.93. The van der Waals surface area contributed by atoms with Crippen molar-refractivity contribution in [3.8, 4) is 0 Å². The molecule has 0 aliphatic rings. The third-order valence-corrected chi connectivity index (χ3v) is 3.45. The van der Waals surface area contributed by atoms with E-state index in [1.54, 1.807) is 10.6 Å². The van der Waals surface area contributed by atoms with E-state index in [0.717, 1.165) is 10.9 Å². The molecular formula is C14H14N2O. The van der Waals surface area contributed by atoms with Crippen molar-refractivity contribution < 1.29 is 0 Å². The van der Waals surface area contributed by atoms with Gasteiger partial charge in [0.1, 0.15) is 0 Å². The van der Waals surface area contributed by atoms with E-state index in [9.17, 15) is 4.79 Å². The van der Waals surface area contributed by atoms with Gasteiger partial charge in [-0.15, -0.1) is 0 Å². The van der Waals surface area contributed by atoms with Crippen LogP contribution in [0.4, 0.5) is 0 Å². The molecule has 0 N–H and O–H groups in total. The van der Waals surface area contributed by atoms with Crippen LogP contribution in [-0.4, -0.2) is 9.13 Å².